The largest absolute Gasteiger partial charge is 0.310 e. The molecule has 1 rings (SSSR count). The molecule has 0 amide bonds. The topological polar surface area (TPSA) is 33.1 Å². The van der Waals surface area contributed by atoms with E-state index in [1.54, 1.807) is 0 Å². The Morgan fingerprint density at radius 2 is 2.06 bits per heavy atom. The van der Waals surface area contributed by atoms with E-state index in [4.69, 9.17) is 0 Å². The van der Waals surface area contributed by atoms with Crippen molar-refractivity contribution in [3.05, 3.63) is 18.0 Å². The van der Waals surface area contributed by atoms with Crippen molar-refractivity contribution in [1.82, 2.24) is 20.0 Å². The Bertz CT molecular complexity index is 315. The van der Waals surface area contributed by atoms with E-state index in [2.05, 4.69) is 53.8 Å². The predicted molar refractivity (Wildman–Crippen MR) is 76.6 cm³/mol. The molecule has 0 unspecified atom stereocenters. The Kier molecular flexibility index (Phi) is 6.98. The molecule has 4 heteroatoms. The number of rotatable bonds is 9. The van der Waals surface area contributed by atoms with Gasteiger partial charge in [0.25, 0.3) is 0 Å². The maximum Gasteiger partial charge on any atom is 0.0522 e. The molecule has 18 heavy (non-hydrogen) atoms. The summed E-state index contributed by atoms with van der Waals surface area (Å²) in [5.74, 6) is 0.638. The highest BCUT2D eigenvalue weighted by molar-refractivity contribution is 5.00. The summed E-state index contributed by atoms with van der Waals surface area (Å²) in [4.78, 5) is 2.43. The van der Waals surface area contributed by atoms with Crippen molar-refractivity contribution in [3.63, 3.8) is 0 Å². The van der Waals surface area contributed by atoms with Gasteiger partial charge in [-0.2, -0.15) is 5.10 Å². The second-order valence-electron chi connectivity index (χ2n) is 5.10. The highest BCUT2D eigenvalue weighted by Gasteiger charge is 2.04. The van der Waals surface area contributed by atoms with E-state index in [1.807, 2.05) is 6.20 Å². The van der Waals surface area contributed by atoms with Crippen LogP contribution in [0.2, 0.25) is 0 Å². The van der Waals surface area contributed by atoms with Crippen LogP contribution in [0.3, 0.4) is 0 Å². The van der Waals surface area contributed by atoms with E-state index in [-0.39, 0.29) is 0 Å². The summed E-state index contributed by atoms with van der Waals surface area (Å²) in [7, 11) is 0. The first-order valence-electron chi connectivity index (χ1n) is 7.11. The van der Waals surface area contributed by atoms with Gasteiger partial charge in [0.1, 0.15) is 0 Å². The fourth-order valence-corrected chi connectivity index (χ4v) is 2.01. The third-order valence-electron chi connectivity index (χ3n) is 3.15. The van der Waals surface area contributed by atoms with Crippen LogP contribution in [-0.2, 0) is 13.1 Å². The summed E-state index contributed by atoms with van der Waals surface area (Å²) in [6.45, 7) is 15.2. The van der Waals surface area contributed by atoms with Gasteiger partial charge in [-0.05, 0) is 25.1 Å². The number of aromatic nitrogens is 2. The third kappa shape index (κ3) is 5.19. The van der Waals surface area contributed by atoms with Gasteiger partial charge in [-0.15, -0.1) is 0 Å². The minimum Gasteiger partial charge on any atom is -0.310 e. The van der Waals surface area contributed by atoms with Gasteiger partial charge in [-0.25, -0.2) is 0 Å². The molecule has 104 valence electrons. The van der Waals surface area contributed by atoms with Gasteiger partial charge in [-0.1, -0.05) is 27.7 Å². The molecule has 0 saturated heterocycles. The average Bonchev–Trinajstić information content (AvgIpc) is 2.76. The maximum atomic E-state index is 4.37. The second kappa shape index (κ2) is 8.27. The normalized spacial score (nSPS) is 11.7. The Labute approximate surface area is 111 Å². The molecule has 0 saturated carbocycles. The van der Waals surface area contributed by atoms with Crippen LogP contribution in [0.4, 0.5) is 0 Å². The molecule has 0 radical (unpaired) electrons. The zero-order chi connectivity index (χ0) is 13.4. The number of nitrogens with zero attached hydrogens (tertiary/aromatic N) is 3. The van der Waals surface area contributed by atoms with Crippen molar-refractivity contribution in [1.29, 1.82) is 0 Å². The van der Waals surface area contributed by atoms with Crippen LogP contribution in [0.5, 0.6) is 0 Å². The molecule has 0 aliphatic heterocycles. The van der Waals surface area contributed by atoms with Gasteiger partial charge in [0, 0.05) is 32.4 Å². The van der Waals surface area contributed by atoms with Gasteiger partial charge >= 0.3 is 0 Å². The lowest BCUT2D eigenvalue weighted by molar-refractivity contribution is 0.301. The number of hydrogen-bond donors (Lipinski definition) is 1. The van der Waals surface area contributed by atoms with Crippen LogP contribution in [-0.4, -0.2) is 40.9 Å². The van der Waals surface area contributed by atoms with Crippen LogP contribution in [0.25, 0.3) is 0 Å². The molecule has 4 nitrogen and oxygen atoms in total. The molecule has 1 heterocycles. The first-order valence-corrected chi connectivity index (χ1v) is 7.11. The van der Waals surface area contributed by atoms with Gasteiger partial charge in [0.05, 0.1) is 5.69 Å². The molecule has 0 atom stereocenters. The zero-order valence-corrected chi connectivity index (χ0v) is 12.3. The van der Waals surface area contributed by atoms with Crippen molar-refractivity contribution in [2.24, 2.45) is 5.92 Å². The molecule has 0 aliphatic carbocycles. The van der Waals surface area contributed by atoms with Crippen LogP contribution in [0, 0.1) is 5.92 Å². The Hall–Kier alpha value is -0.870. The lowest BCUT2D eigenvalue weighted by Gasteiger charge is -2.18. The molecule has 0 fully saturated rings. The Balaban J connectivity index is 2.28. The van der Waals surface area contributed by atoms with E-state index < -0.39 is 0 Å². The van der Waals surface area contributed by atoms with Crippen LogP contribution >= 0.6 is 0 Å². The molecular weight excluding hydrogens is 224 g/mol. The highest BCUT2D eigenvalue weighted by atomic mass is 15.3. The van der Waals surface area contributed by atoms with Crippen LogP contribution in [0.15, 0.2) is 12.3 Å². The Morgan fingerprint density at radius 3 is 2.67 bits per heavy atom. The summed E-state index contributed by atoms with van der Waals surface area (Å²) in [5.41, 5.74) is 1.28. The third-order valence-corrected chi connectivity index (χ3v) is 3.15. The van der Waals surface area contributed by atoms with E-state index >= 15 is 0 Å². The lowest BCUT2D eigenvalue weighted by Crippen LogP contribution is -2.32. The quantitative estimate of drug-likeness (QED) is 0.682. The van der Waals surface area contributed by atoms with Gasteiger partial charge in [0.2, 0.25) is 0 Å². The van der Waals surface area contributed by atoms with Crippen molar-refractivity contribution in [3.8, 4) is 0 Å². The second-order valence-corrected chi connectivity index (χ2v) is 5.10. The van der Waals surface area contributed by atoms with Crippen molar-refractivity contribution >= 4 is 0 Å². The molecule has 0 bridgehead atoms. The van der Waals surface area contributed by atoms with Gasteiger partial charge in [-0.3, -0.25) is 4.68 Å². The van der Waals surface area contributed by atoms with E-state index in [0.29, 0.717) is 5.92 Å². The maximum absolute atomic E-state index is 4.37. The first-order chi connectivity index (χ1) is 8.67. The average molecular weight is 252 g/mol. The summed E-state index contributed by atoms with van der Waals surface area (Å²) in [6.07, 6.45) is 1.89. The molecule has 1 aromatic heterocycles. The molecule has 0 aromatic carbocycles. The number of likely N-dealkylation sites (N-methyl/N-ethyl adjacent to an activating group) is 1. The van der Waals surface area contributed by atoms with Gasteiger partial charge in [0.15, 0.2) is 0 Å². The highest BCUT2D eigenvalue weighted by Crippen LogP contribution is 2.03. The molecule has 1 N–H and O–H groups in total. The zero-order valence-electron chi connectivity index (χ0n) is 12.3. The van der Waals surface area contributed by atoms with E-state index in [1.165, 1.54) is 5.69 Å². The van der Waals surface area contributed by atoms with Crippen molar-refractivity contribution in [2.45, 2.75) is 40.8 Å². The fourth-order valence-electron chi connectivity index (χ4n) is 2.01. The predicted octanol–water partition coefficient (Wildman–Crippen LogP) is 1.97. The monoisotopic (exact) mass is 252 g/mol. The number of hydrogen-bond acceptors (Lipinski definition) is 3. The summed E-state index contributed by atoms with van der Waals surface area (Å²) in [5, 5.41) is 7.87. The van der Waals surface area contributed by atoms with Crippen molar-refractivity contribution in [2.75, 3.05) is 26.2 Å². The summed E-state index contributed by atoms with van der Waals surface area (Å²) in [6, 6.07) is 2.10. The van der Waals surface area contributed by atoms with Crippen LogP contribution in [0.1, 0.15) is 33.4 Å². The summed E-state index contributed by atoms with van der Waals surface area (Å²) < 4.78 is 2.11. The Morgan fingerprint density at radius 1 is 1.33 bits per heavy atom. The number of nitrogens with one attached hydrogen (secondary N) is 1. The summed E-state index contributed by atoms with van der Waals surface area (Å²) >= 11 is 0. The lowest BCUT2D eigenvalue weighted by atomic mass is 10.2. The molecule has 0 aliphatic rings. The molecular formula is C14H28N4. The minimum absolute atomic E-state index is 0.638. The molecule has 1 aromatic rings. The van der Waals surface area contributed by atoms with Gasteiger partial charge < -0.3 is 10.2 Å². The first kappa shape index (κ1) is 15.2. The van der Waals surface area contributed by atoms with Crippen molar-refractivity contribution < 1.29 is 0 Å². The smallest absolute Gasteiger partial charge is 0.0522 e. The minimum atomic E-state index is 0.638. The van der Waals surface area contributed by atoms with E-state index in [9.17, 15) is 0 Å². The standard InChI is InChI=1S/C14H28N4/c1-5-17(6-2)10-9-15-11-14-7-8-16-18(14)12-13(3)4/h7-8,13,15H,5-6,9-12H2,1-4H3. The molecule has 0 spiro atoms. The SMILES string of the molecule is CCN(CC)CCNCc1ccnn1CC(C)C. The van der Waals surface area contributed by atoms with E-state index in [0.717, 1.165) is 39.3 Å². The van der Waals surface area contributed by atoms with Crippen LogP contribution < -0.4 is 5.32 Å². The fraction of sp³-hybridized carbons (Fsp3) is 0.786.